The van der Waals surface area contributed by atoms with E-state index >= 15 is 0 Å². The minimum Gasteiger partial charge on any atom is -0.192 e. The van der Waals surface area contributed by atoms with Gasteiger partial charge in [-0.15, -0.1) is 12.1 Å². The van der Waals surface area contributed by atoms with Gasteiger partial charge in [0.1, 0.15) is 0 Å². The van der Waals surface area contributed by atoms with E-state index in [1.807, 2.05) is 25.1 Å². The summed E-state index contributed by atoms with van der Waals surface area (Å²) in [7, 11) is 0. The third-order valence-corrected chi connectivity index (χ3v) is 1.13. The second-order valence-electron chi connectivity index (χ2n) is 1.70. The summed E-state index contributed by atoms with van der Waals surface area (Å²) in [6.45, 7) is 2.04. The summed E-state index contributed by atoms with van der Waals surface area (Å²) in [4.78, 5) is 0. The Hall–Kier alpha value is -0.196. The van der Waals surface area contributed by atoms with Crippen LogP contribution in [0.5, 0.6) is 0 Å². The van der Waals surface area contributed by atoms with Gasteiger partial charge in [-0.05, 0) is 0 Å². The van der Waals surface area contributed by atoms with Gasteiger partial charge >= 0.3 is 0 Å². The fraction of sp³-hybridized carbons (Fsp3) is 0.125. The summed E-state index contributed by atoms with van der Waals surface area (Å²) in [6, 6.07) is 10.3. The molecule has 0 radical (unpaired) electrons. The Balaban J connectivity index is 0.000000640. The fourth-order valence-electron chi connectivity index (χ4n) is 0.645. The molecule has 1 aromatic rings. The van der Waals surface area contributed by atoms with Gasteiger partial charge in [-0.2, -0.15) is 24.1 Å². The quantitative estimate of drug-likeness (QED) is 0.428. The Morgan fingerprint density at radius 1 is 1.11 bits per heavy atom. The van der Waals surface area contributed by atoms with Crippen LogP contribution in [-0.2, 0) is 21.7 Å². The van der Waals surface area contributed by atoms with Crippen LogP contribution in [0.15, 0.2) is 30.3 Å². The molecule has 0 aliphatic heterocycles. The van der Waals surface area contributed by atoms with Crippen molar-refractivity contribution in [3.05, 3.63) is 42.3 Å². The van der Waals surface area contributed by atoms with Gasteiger partial charge < -0.3 is 0 Å². The largest absolute Gasteiger partial charge is 0.192 e. The van der Waals surface area contributed by atoms with Crippen molar-refractivity contribution in [1.29, 1.82) is 0 Å². The minimum atomic E-state index is 0. The van der Waals surface area contributed by atoms with Crippen LogP contribution in [0.25, 0.3) is 0 Å². The van der Waals surface area contributed by atoms with Crippen LogP contribution in [-0.4, -0.2) is 0 Å². The second-order valence-corrected chi connectivity index (χ2v) is 1.70. The predicted molar refractivity (Wildman–Crippen MR) is 35.5 cm³/mol. The fourth-order valence-corrected chi connectivity index (χ4v) is 0.645. The standard InChI is InChI=1S/C8H9.Ti/c1-2-8-6-4-3-5-7-8;/h2-7H,1H3;/q-1;. The molecule has 46 valence electrons. The first-order chi connectivity index (χ1) is 3.93. The van der Waals surface area contributed by atoms with Crippen LogP contribution in [0, 0.1) is 6.42 Å². The van der Waals surface area contributed by atoms with Crippen LogP contribution in [0.2, 0.25) is 0 Å². The average Bonchev–Trinajstić information content (AvgIpc) is 1.90. The van der Waals surface area contributed by atoms with E-state index in [-0.39, 0.29) is 21.7 Å². The first-order valence-corrected chi connectivity index (χ1v) is 2.78. The number of benzene rings is 1. The van der Waals surface area contributed by atoms with E-state index in [1.54, 1.807) is 0 Å². The molecule has 0 nitrogen and oxygen atoms in total. The summed E-state index contributed by atoms with van der Waals surface area (Å²) in [5.74, 6) is 0. The monoisotopic (exact) mass is 153 g/mol. The maximum Gasteiger partial charge on any atom is 0 e. The zero-order valence-corrected chi connectivity index (χ0v) is 7.03. The van der Waals surface area contributed by atoms with Gasteiger partial charge in [0.05, 0.1) is 0 Å². The molecule has 0 aliphatic rings. The Labute approximate surface area is 71.2 Å². The molecule has 0 atom stereocenters. The third-order valence-electron chi connectivity index (χ3n) is 1.13. The van der Waals surface area contributed by atoms with Crippen LogP contribution in [0.3, 0.4) is 0 Å². The van der Waals surface area contributed by atoms with E-state index in [0.29, 0.717) is 0 Å². The Bertz CT molecular complexity index is 146. The van der Waals surface area contributed by atoms with E-state index in [0.717, 1.165) is 0 Å². The molecule has 1 aromatic carbocycles. The molecule has 0 saturated carbocycles. The van der Waals surface area contributed by atoms with Crippen LogP contribution >= 0.6 is 0 Å². The van der Waals surface area contributed by atoms with Crippen LogP contribution < -0.4 is 0 Å². The third kappa shape index (κ3) is 2.74. The normalized spacial score (nSPS) is 7.67. The summed E-state index contributed by atoms with van der Waals surface area (Å²) in [6.07, 6.45) is 2.08. The SMILES string of the molecule is C[CH-]c1ccccc1.[Ti]. The van der Waals surface area contributed by atoms with Crippen molar-refractivity contribution in [3.8, 4) is 0 Å². The van der Waals surface area contributed by atoms with Gasteiger partial charge in [0.2, 0.25) is 0 Å². The van der Waals surface area contributed by atoms with Crippen molar-refractivity contribution in [1.82, 2.24) is 0 Å². The number of hydrogen-bond acceptors (Lipinski definition) is 0. The van der Waals surface area contributed by atoms with Crippen molar-refractivity contribution in [3.63, 3.8) is 0 Å². The molecule has 0 aliphatic carbocycles. The average molecular weight is 153 g/mol. The van der Waals surface area contributed by atoms with Crippen LogP contribution in [0.4, 0.5) is 0 Å². The number of rotatable bonds is 1. The molecule has 0 N–H and O–H groups in total. The molecule has 0 fully saturated rings. The Morgan fingerprint density at radius 3 is 2.00 bits per heavy atom. The van der Waals surface area contributed by atoms with Crippen molar-refractivity contribution in [2.75, 3.05) is 0 Å². The van der Waals surface area contributed by atoms with Crippen LogP contribution in [0.1, 0.15) is 12.5 Å². The van der Waals surface area contributed by atoms with E-state index in [4.69, 9.17) is 0 Å². The molecular weight excluding hydrogens is 144 g/mol. The zero-order valence-electron chi connectivity index (χ0n) is 5.46. The maximum absolute atomic E-state index is 2.08. The summed E-state index contributed by atoms with van der Waals surface area (Å²) in [5, 5.41) is 0. The first kappa shape index (κ1) is 8.80. The molecule has 1 heteroatoms. The van der Waals surface area contributed by atoms with E-state index in [1.165, 1.54) is 5.56 Å². The van der Waals surface area contributed by atoms with Crippen molar-refractivity contribution >= 4 is 0 Å². The van der Waals surface area contributed by atoms with E-state index in [9.17, 15) is 0 Å². The molecular formula is C8H9Ti-. The van der Waals surface area contributed by atoms with Gasteiger partial charge in [0.25, 0.3) is 0 Å². The molecule has 0 aromatic heterocycles. The summed E-state index contributed by atoms with van der Waals surface area (Å²) >= 11 is 0. The van der Waals surface area contributed by atoms with Gasteiger partial charge in [-0.25, -0.2) is 0 Å². The second kappa shape index (κ2) is 4.66. The Morgan fingerprint density at radius 2 is 1.67 bits per heavy atom. The van der Waals surface area contributed by atoms with E-state index < -0.39 is 0 Å². The molecule has 0 unspecified atom stereocenters. The maximum atomic E-state index is 2.08. The van der Waals surface area contributed by atoms with Gasteiger partial charge in [0, 0.05) is 21.7 Å². The van der Waals surface area contributed by atoms with Crippen molar-refractivity contribution in [2.45, 2.75) is 6.92 Å². The predicted octanol–water partition coefficient (Wildman–Crippen LogP) is 2.26. The molecule has 0 heterocycles. The molecule has 1 rings (SSSR count). The topological polar surface area (TPSA) is 0 Å². The Kier molecular flexibility index (Phi) is 4.56. The van der Waals surface area contributed by atoms with Gasteiger partial charge in [-0.1, -0.05) is 13.0 Å². The molecule has 0 saturated heterocycles. The summed E-state index contributed by atoms with van der Waals surface area (Å²) in [5.41, 5.74) is 1.28. The van der Waals surface area contributed by atoms with Crippen molar-refractivity contribution in [2.24, 2.45) is 0 Å². The first-order valence-electron chi connectivity index (χ1n) is 2.78. The van der Waals surface area contributed by atoms with Crippen molar-refractivity contribution < 1.29 is 21.7 Å². The molecule has 0 amide bonds. The van der Waals surface area contributed by atoms with Gasteiger partial charge in [0.15, 0.2) is 0 Å². The van der Waals surface area contributed by atoms with Gasteiger partial charge in [-0.3, -0.25) is 0 Å². The smallest absolute Gasteiger partial charge is 0 e. The molecule has 0 spiro atoms. The number of hydrogen-bond donors (Lipinski definition) is 0. The summed E-state index contributed by atoms with van der Waals surface area (Å²) < 4.78 is 0. The molecule has 0 bridgehead atoms. The molecule has 9 heavy (non-hydrogen) atoms. The minimum absolute atomic E-state index is 0. The van der Waals surface area contributed by atoms with E-state index in [2.05, 4.69) is 18.6 Å². The zero-order chi connectivity index (χ0) is 5.82.